The summed E-state index contributed by atoms with van der Waals surface area (Å²) in [4.78, 5) is 9.50. The molecule has 0 fully saturated rings. The Morgan fingerprint density at radius 2 is 1.50 bits per heavy atom. The van der Waals surface area contributed by atoms with Gasteiger partial charge in [-0.3, -0.25) is 4.57 Å². The Hall–Kier alpha value is -4.38. The lowest BCUT2D eigenvalue weighted by atomic mass is 9.79. The molecule has 2 heterocycles. The molecule has 5 nitrogen and oxygen atoms in total. The lowest BCUT2D eigenvalue weighted by molar-refractivity contribution is 0.446. The first-order chi connectivity index (χ1) is 18.9. The minimum absolute atomic E-state index is 0.109. The van der Waals surface area contributed by atoms with Crippen molar-refractivity contribution in [2.75, 3.05) is 0 Å². The van der Waals surface area contributed by atoms with Gasteiger partial charge in [-0.1, -0.05) is 84.0 Å². The van der Waals surface area contributed by atoms with E-state index in [0.717, 1.165) is 39.3 Å². The van der Waals surface area contributed by atoms with Crippen LogP contribution in [-0.4, -0.2) is 19.6 Å². The Morgan fingerprint density at radius 3 is 2.15 bits per heavy atom. The van der Waals surface area contributed by atoms with Gasteiger partial charge >= 0.3 is 0 Å². The average Bonchev–Trinajstić information content (AvgIpc) is 3.25. The van der Waals surface area contributed by atoms with E-state index < -0.39 is 0 Å². The summed E-state index contributed by atoms with van der Waals surface area (Å²) in [5.41, 5.74) is 6.10. The minimum atomic E-state index is -0.251. The zero-order valence-corrected chi connectivity index (χ0v) is 24.4. The number of para-hydroxylation sites is 1. The molecule has 3 aromatic carbocycles. The summed E-state index contributed by atoms with van der Waals surface area (Å²) in [7, 11) is 0. The van der Waals surface area contributed by atoms with E-state index in [1.54, 1.807) is 6.20 Å². The van der Waals surface area contributed by atoms with Crippen LogP contribution in [0.3, 0.4) is 0 Å². The molecule has 0 atom stereocenters. The third-order valence-electron chi connectivity index (χ3n) is 7.11. The van der Waals surface area contributed by atoms with Gasteiger partial charge in [0.2, 0.25) is 5.88 Å². The Labute approximate surface area is 237 Å². The maximum absolute atomic E-state index is 11.7. The number of rotatable bonds is 5. The number of hydrogen-bond donors (Lipinski definition) is 1. The number of aromatic nitrogens is 3. The summed E-state index contributed by atoms with van der Waals surface area (Å²) in [6.07, 6.45) is 1.71. The van der Waals surface area contributed by atoms with Gasteiger partial charge < -0.3 is 9.84 Å². The largest absolute Gasteiger partial charge is 0.507 e. The first kappa shape index (κ1) is 27.2. The van der Waals surface area contributed by atoms with Crippen molar-refractivity contribution in [3.8, 4) is 45.7 Å². The molecule has 5 aromatic rings. The van der Waals surface area contributed by atoms with E-state index in [9.17, 15) is 5.11 Å². The van der Waals surface area contributed by atoms with Crippen LogP contribution in [-0.2, 0) is 10.8 Å². The van der Waals surface area contributed by atoms with Crippen molar-refractivity contribution < 1.29 is 9.84 Å². The Kier molecular flexibility index (Phi) is 7.01. The van der Waals surface area contributed by atoms with Gasteiger partial charge in [0, 0.05) is 34.8 Å². The first-order valence-corrected chi connectivity index (χ1v) is 13.7. The van der Waals surface area contributed by atoms with E-state index in [0.29, 0.717) is 17.5 Å². The number of aromatic hydroxyl groups is 1. The summed E-state index contributed by atoms with van der Waals surface area (Å²) in [6, 6.07) is 27.9. The van der Waals surface area contributed by atoms with Gasteiger partial charge in [-0.05, 0) is 59.7 Å². The molecule has 0 saturated heterocycles. The van der Waals surface area contributed by atoms with Gasteiger partial charge in [-0.25, -0.2) is 9.97 Å². The number of nitrogens with zero attached hydrogens (tertiary/aromatic N) is 3. The molecule has 0 bridgehead atoms. The topological polar surface area (TPSA) is 60.2 Å². The van der Waals surface area contributed by atoms with Gasteiger partial charge in [0.05, 0.1) is 11.3 Å². The molecule has 0 aliphatic carbocycles. The predicted molar refractivity (Wildman–Crippen MR) is 163 cm³/mol. The maximum atomic E-state index is 11.7. The Morgan fingerprint density at radius 1 is 0.775 bits per heavy atom. The van der Waals surface area contributed by atoms with Crippen molar-refractivity contribution in [3.05, 3.63) is 108 Å². The highest BCUT2D eigenvalue weighted by Crippen LogP contribution is 2.43. The summed E-state index contributed by atoms with van der Waals surface area (Å²) >= 11 is 0. The van der Waals surface area contributed by atoms with Crippen molar-refractivity contribution in [1.82, 2.24) is 14.5 Å². The molecule has 204 valence electrons. The normalized spacial score (nSPS) is 12.0. The standard InChI is InChI=1S/C35H37N3O2/c1-23-31(24-14-13-17-27(20-24)40-30-18-11-12-19-36-30)37-33(38(23)26-15-9-8-10-16-26)28-21-25(34(2,3)4)22-29(32(28)39)35(5,6)7/h8-22,39H,1-7H3. The van der Waals surface area contributed by atoms with E-state index in [-0.39, 0.29) is 16.6 Å². The van der Waals surface area contributed by atoms with E-state index in [1.807, 2.05) is 60.7 Å². The molecule has 0 spiro atoms. The summed E-state index contributed by atoms with van der Waals surface area (Å²) in [6.45, 7) is 15.1. The van der Waals surface area contributed by atoms with Crippen LogP contribution in [0.1, 0.15) is 58.4 Å². The van der Waals surface area contributed by atoms with Crippen LogP contribution in [0.2, 0.25) is 0 Å². The maximum Gasteiger partial charge on any atom is 0.219 e. The van der Waals surface area contributed by atoms with Gasteiger partial charge in [0.15, 0.2) is 0 Å². The average molecular weight is 532 g/mol. The second-order valence-electron chi connectivity index (χ2n) is 12.3. The van der Waals surface area contributed by atoms with Crippen molar-refractivity contribution >= 4 is 0 Å². The van der Waals surface area contributed by atoms with Crippen LogP contribution in [0.5, 0.6) is 17.4 Å². The zero-order valence-electron chi connectivity index (χ0n) is 24.4. The van der Waals surface area contributed by atoms with Crippen LogP contribution in [0, 0.1) is 6.92 Å². The molecule has 0 aliphatic heterocycles. The second-order valence-corrected chi connectivity index (χ2v) is 12.3. The predicted octanol–water partition coefficient (Wildman–Crippen LogP) is 9.00. The molecule has 5 rings (SSSR count). The number of imidazole rings is 1. The van der Waals surface area contributed by atoms with Crippen molar-refractivity contribution in [2.45, 2.75) is 59.3 Å². The molecule has 0 radical (unpaired) electrons. The van der Waals surface area contributed by atoms with Crippen LogP contribution < -0.4 is 4.74 Å². The van der Waals surface area contributed by atoms with Crippen LogP contribution >= 0.6 is 0 Å². The second kappa shape index (κ2) is 10.3. The molecule has 0 amide bonds. The molecule has 0 aliphatic rings. The monoisotopic (exact) mass is 531 g/mol. The van der Waals surface area contributed by atoms with E-state index in [2.05, 4.69) is 82.3 Å². The highest BCUT2D eigenvalue weighted by Gasteiger charge is 2.28. The van der Waals surface area contributed by atoms with E-state index >= 15 is 0 Å². The SMILES string of the molecule is Cc1c(-c2cccc(Oc3ccccn3)c2)nc(-c2cc(C(C)(C)C)cc(C(C)(C)C)c2O)n1-c1ccccc1. The number of ether oxygens (including phenoxy) is 1. The fraction of sp³-hybridized carbons (Fsp3) is 0.257. The lowest BCUT2D eigenvalue weighted by Gasteiger charge is -2.27. The van der Waals surface area contributed by atoms with Crippen molar-refractivity contribution in [3.63, 3.8) is 0 Å². The van der Waals surface area contributed by atoms with Crippen LogP contribution in [0.15, 0.2) is 91.1 Å². The number of benzene rings is 3. The number of phenols is 1. The highest BCUT2D eigenvalue weighted by molar-refractivity contribution is 5.76. The van der Waals surface area contributed by atoms with Gasteiger partial charge in [-0.15, -0.1) is 0 Å². The van der Waals surface area contributed by atoms with Crippen LogP contribution in [0.4, 0.5) is 0 Å². The van der Waals surface area contributed by atoms with Gasteiger partial charge in [-0.2, -0.15) is 0 Å². The summed E-state index contributed by atoms with van der Waals surface area (Å²) < 4.78 is 8.16. The number of pyridine rings is 1. The van der Waals surface area contributed by atoms with Crippen LogP contribution in [0.25, 0.3) is 28.3 Å². The fourth-order valence-electron chi connectivity index (χ4n) is 4.89. The Balaban J connectivity index is 1.74. The van der Waals surface area contributed by atoms with Gasteiger partial charge in [0.1, 0.15) is 17.3 Å². The Bertz CT molecular complexity index is 1640. The van der Waals surface area contributed by atoms with E-state index in [1.165, 1.54) is 0 Å². The molecule has 0 saturated carbocycles. The molecule has 2 aromatic heterocycles. The first-order valence-electron chi connectivity index (χ1n) is 13.7. The molecule has 5 heteroatoms. The third-order valence-corrected chi connectivity index (χ3v) is 7.11. The molecular formula is C35H37N3O2. The molecule has 0 unspecified atom stereocenters. The highest BCUT2D eigenvalue weighted by atomic mass is 16.5. The molecule has 40 heavy (non-hydrogen) atoms. The van der Waals surface area contributed by atoms with Crippen molar-refractivity contribution in [2.24, 2.45) is 0 Å². The van der Waals surface area contributed by atoms with Gasteiger partial charge in [0.25, 0.3) is 0 Å². The molecule has 1 N–H and O–H groups in total. The third kappa shape index (κ3) is 5.37. The lowest BCUT2D eigenvalue weighted by Crippen LogP contribution is -2.17. The summed E-state index contributed by atoms with van der Waals surface area (Å²) in [5.74, 6) is 2.18. The molecular weight excluding hydrogens is 494 g/mol. The van der Waals surface area contributed by atoms with E-state index in [4.69, 9.17) is 9.72 Å². The number of phenolic OH excluding ortho intramolecular Hbond substituents is 1. The van der Waals surface area contributed by atoms with Crippen molar-refractivity contribution in [1.29, 1.82) is 0 Å². The fourth-order valence-corrected chi connectivity index (χ4v) is 4.89. The zero-order chi connectivity index (χ0) is 28.7. The summed E-state index contributed by atoms with van der Waals surface area (Å²) in [5, 5.41) is 11.7. The quantitative estimate of drug-likeness (QED) is 0.246. The smallest absolute Gasteiger partial charge is 0.219 e. The number of hydrogen-bond acceptors (Lipinski definition) is 4. The minimum Gasteiger partial charge on any atom is -0.507 e.